The standard InChI is InChI=1S/C16H13F2NO3S/c17-11-5-6-12(13(18)7-11)9-1-3-10(4-2-9)15-14(19-23)8-21-16(20)22-15/h1-7,14-15,19,23H,8H2. The summed E-state index contributed by atoms with van der Waals surface area (Å²) >= 11 is 4.00. The van der Waals surface area contributed by atoms with E-state index >= 15 is 0 Å². The molecular formula is C16H13F2NO3S. The lowest BCUT2D eigenvalue weighted by molar-refractivity contribution is -0.0390. The van der Waals surface area contributed by atoms with E-state index in [9.17, 15) is 13.6 Å². The van der Waals surface area contributed by atoms with Crippen LogP contribution in [-0.4, -0.2) is 18.8 Å². The molecule has 120 valence electrons. The molecule has 2 aromatic carbocycles. The second-order valence-electron chi connectivity index (χ2n) is 5.08. The fourth-order valence-corrected chi connectivity index (χ4v) is 2.66. The second-order valence-corrected chi connectivity index (χ2v) is 5.34. The van der Waals surface area contributed by atoms with Crippen molar-refractivity contribution in [3.63, 3.8) is 0 Å². The highest BCUT2D eigenvalue weighted by molar-refractivity contribution is 7.78. The first kappa shape index (κ1) is 15.8. The van der Waals surface area contributed by atoms with Gasteiger partial charge in [0.1, 0.15) is 24.3 Å². The van der Waals surface area contributed by atoms with Gasteiger partial charge in [-0.1, -0.05) is 37.1 Å². The first-order chi connectivity index (χ1) is 11.1. The van der Waals surface area contributed by atoms with E-state index in [1.54, 1.807) is 24.3 Å². The lowest BCUT2D eigenvalue weighted by Gasteiger charge is -2.30. The number of carbonyl (C=O) groups excluding carboxylic acids is 1. The summed E-state index contributed by atoms with van der Waals surface area (Å²) in [6.45, 7) is 0.140. The van der Waals surface area contributed by atoms with Crippen molar-refractivity contribution in [1.29, 1.82) is 0 Å². The molecule has 2 atom stereocenters. The molecule has 7 heteroatoms. The van der Waals surface area contributed by atoms with E-state index in [1.165, 1.54) is 12.1 Å². The van der Waals surface area contributed by atoms with Gasteiger partial charge in [-0.3, -0.25) is 4.72 Å². The highest BCUT2D eigenvalue weighted by Gasteiger charge is 2.32. The molecule has 1 fully saturated rings. The minimum atomic E-state index is -0.747. The maximum atomic E-state index is 13.8. The Kier molecular flexibility index (Phi) is 4.49. The van der Waals surface area contributed by atoms with Gasteiger partial charge in [-0.2, -0.15) is 0 Å². The average Bonchev–Trinajstić information content (AvgIpc) is 2.55. The molecule has 0 aliphatic carbocycles. The molecule has 0 aromatic heterocycles. The van der Waals surface area contributed by atoms with E-state index in [0.29, 0.717) is 11.1 Å². The Morgan fingerprint density at radius 3 is 2.52 bits per heavy atom. The number of carbonyl (C=O) groups is 1. The van der Waals surface area contributed by atoms with Gasteiger partial charge in [0.2, 0.25) is 0 Å². The summed E-state index contributed by atoms with van der Waals surface area (Å²) in [5.74, 6) is -1.26. The number of nitrogens with one attached hydrogen (secondary N) is 1. The van der Waals surface area contributed by atoms with Crippen molar-refractivity contribution in [3.05, 3.63) is 59.7 Å². The van der Waals surface area contributed by atoms with Crippen LogP contribution in [0.2, 0.25) is 0 Å². The lowest BCUT2D eigenvalue weighted by atomic mass is 9.98. The van der Waals surface area contributed by atoms with Crippen LogP contribution in [0.1, 0.15) is 11.7 Å². The van der Waals surface area contributed by atoms with Gasteiger partial charge in [-0.15, -0.1) is 0 Å². The third-order valence-electron chi connectivity index (χ3n) is 3.62. The van der Waals surface area contributed by atoms with E-state index in [2.05, 4.69) is 17.5 Å². The van der Waals surface area contributed by atoms with Gasteiger partial charge in [0.05, 0.1) is 6.04 Å². The largest absolute Gasteiger partial charge is 0.509 e. The molecule has 2 unspecified atom stereocenters. The van der Waals surface area contributed by atoms with Crippen molar-refractivity contribution in [1.82, 2.24) is 4.72 Å². The monoisotopic (exact) mass is 337 g/mol. The molecule has 3 rings (SSSR count). The Labute approximate surface area is 137 Å². The van der Waals surface area contributed by atoms with Gasteiger partial charge in [0.25, 0.3) is 0 Å². The van der Waals surface area contributed by atoms with Crippen LogP contribution in [0.15, 0.2) is 42.5 Å². The molecule has 0 spiro atoms. The van der Waals surface area contributed by atoms with Crippen LogP contribution in [0.3, 0.4) is 0 Å². The van der Waals surface area contributed by atoms with Gasteiger partial charge in [-0.05, 0) is 23.3 Å². The van der Waals surface area contributed by atoms with E-state index < -0.39 is 23.9 Å². The zero-order valence-electron chi connectivity index (χ0n) is 11.8. The van der Waals surface area contributed by atoms with Crippen LogP contribution in [0.5, 0.6) is 0 Å². The van der Waals surface area contributed by atoms with Crippen molar-refractivity contribution in [3.8, 4) is 11.1 Å². The number of benzene rings is 2. The molecule has 1 heterocycles. The third-order valence-corrected chi connectivity index (χ3v) is 3.95. The van der Waals surface area contributed by atoms with Gasteiger partial charge < -0.3 is 9.47 Å². The number of thiol groups is 1. The summed E-state index contributed by atoms with van der Waals surface area (Å²) in [5, 5.41) is 0. The Bertz CT molecular complexity index is 724. The molecule has 1 saturated heterocycles. The van der Waals surface area contributed by atoms with E-state index in [4.69, 9.17) is 9.47 Å². The lowest BCUT2D eigenvalue weighted by Crippen LogP contribution is -2.41. The minimum Gasteiger partial charge on any atom is -0.432 e. The van der Waals surface area contributed by atoms with E-state index in [0.717, 1.165) is 11.6 Å². The average molecular weight is 337 g/mol. The van der Waals surface area contributed by atoms with Crippen LogP contribution in [-0.2, 0) is 9.47 Å². The molecule has 0 radical (unpaired) electrons. The Morgan fingerprint density at radius 2 is 1.87 bits per heavy atom. The van der Waals surface area contributed by atoms with Crippen molar-refractivity contribution in [2.45, 2.75) is 12.1 Å². The van der Waals surface area contributed by atoms with Crippen LogP contribution in [0, 0.1) is 11.6 Å². The predicted molar refractivity (Wildman–Crippen MR) is 82.9 cm³/mol. The van der Waals surface area contributed by atoms with Gasteiger partial charge in [0.15, 0.2) is 0 Å². The van der Waals surface area contributed by atoms with Gasteiger partial charge in [0, 0.05) is 11.6 Å². The van der Waals surface area contributed by atoms with Gasteiger partial charge in [-0.25, -0.2) is 13.6 Å². The maximum Gasteiger partial charge on any atom is 0.509 e. The van der Waals surface area contributed by atoms with Gasteiger partial charge >= 0.3 is 6.16 Å². The predicted octanol–water partition coefficient (Wildman–Crippen LogP) is 3.64. The van der Waals surface area contributed by atoms with E-state index in [1.807, 2.05) is 0 Å². The molecule has 23 heavy (non-hydrogen) atoms. The first-order valence-electron chi connectivity index (χ1n) is 6.87. The molecule has 1 aliphatic heterocycles. The quantitative estimate of drug-likeness (QED) is 0.663. The normalized spacial score (nSPS) is 20.7. The summed E-state index contributed by atoms with van der Waals surface area (Å²) in [6, 6.07) is 9.93. The zero-order valence-corrected chi connectivity index (χ0v) is 12.7. The summed E-state index contributed by atoms with van der Waals surface area (Å²) in [6.07, 6.45) is -1.30. The molecular weight excluding hydrogens is 324 g/mol. The number of hydrogen-bond donors (Lipinski definition) is 2. The maximum absolute atomic E-state index is 13.8. The Morgan fingerprint density at radius 1 is 1.13 bits per heavy atom. The summed E-state index contributed by atoms with van der Waals surface area (Å²) in [4.78, 5) is 11.3. The summed E-state index contributed by atoms with van der Waals surface area (Å²) < 4.78 is 39.5. The van der Waals surface area contributed by atoms with Crippen molar-refractivity contribution >= 4 is 19.0 Å². The molecule has 0 saturated carbocycles. The van der Waals surface area contributed by atoms with Crippen LogP contribution < -0.4 is 4.72 Å². The molecule has 2 aromatic rings. The number of rotatable bonds is 3. The second kappa shape index (κ2) is 6.55. The number of halogens is 2. The molecule has 1 aliphatic rings. The highest BCUT2D eigenvalue weighted by Crippen LogP contribution is 2.29. The molecule has 0 bridgehead atoms. The van der Waals surface area contributed by atoms with E-state index in [-0.39, 0.29) is 12.6 Å². The number of ether oxygens (including phenoxy) is 2. The van der Waals surface area contributed by atoms with Crippen molar-refractivity contribution in [2.24, 2.45) is 0 Å². The van der Waals surface area contributed by atoms with Crippen LogP contribution in [0.25, 0.3) is 11.1 Å². The first-order valence-corrected chi connectivity index (χ1v) is 7.31. The topological polar surface area (TPSA) is 47.6 Å². The van der Waals surface area contributed by atoms with Crippen LogP contribution >= 0.6 is 12.8 Å². The van der Waals surface area contributed by atoms with Crippen molar-refractivity contribution in [2.75, 3.05) is 6.61 Å². The minimum absolute atomic E-state index is 0.140. The van der Waals surface area contributed by atoms with Crippen molar-refractivity contribution < 1.29 is 23.0 Å². The Balaban J connectivity index is 1.88. The smallest absolute Gasteiger partial charge is 0.432 e. The SMILES string of the molecule is O=C1OCC(NS)C(c2ccc(-c3ccc(F)cc3F)cc2)O1. The Hall–Kier alpha value is -2.12. The fourth-order valence-electron chi connectivity index (χ4n) is 2.45. The highest BCUT2D eigenvalue weighted by atomic mass is 32.1. The third kappa shape index (κ3) is 3.30. The summed E-state index contributed by atoms with van der Waals surface area (Å²) in [5.41, 5.74) is 1.62. The molecule has 1 N–H and O–H groups in total. The number of cyclic esters (lactones) is 2. The fraction of sp³-hybridized carbons (Fsp3) is 0.188. The number of hydrogen-bond acceptors (Lipinski definition) is 5. The molecule has 0 amide bonds. The molecule has 4 nitrogen and oxygen atoms in total. The zero-order chi connectivity index (χ0) is 16.4. The summed E-state index contributed by atoms with van der Waals surface area (Å²) in [7, 11) is 0. The van der Waals surface area contributed by atoms with Crippen LogP contribution in [0.4, 0.5) is 13.6 Å².